The molecule has 2 aromatic heterocycles. The van der Waals surface area contributed by atoms with Gasteiger partial charge in [0.15, 0.2) is 0 Å². The average molecular weight is 352 g/mol. The number of aromatic nitrogens is 2. The molecule has 7 heteroatoms. The standard InChI is InChI=1S/C18H16N4O2S/c1-10(11-2-3-13-12(8-11)9-17(23)21-13)20-18(24)16-5-4-15(25-16)14-6-7-19-22-14/h2-8,10H,9H2,1H3,(H,19,22)(H,20,24)(H,21,23). The van der Waals surface area contributed by atoms with Gasteiger partial charge in [-0.3, -0.25) is 14.7 Å². The molecule has 1 aliphatic rings. The van der Waals surface area contributed by atoms with Crippen LogP contribution in [0.15, 0.2) is 42.6 Å². The number of hydrogen-bond acceptors (Lipinski definition) is 4. The average Bonchev–Trinajstić information content (AvgIpc) is 3.32. The van der Waals surface area contributed by atoms with E-state index in [1.807, 2.05) is 43.3 Å². The van der Waals surface area contributed by atoms with Crippen LogP contribution in [-0.4, -0.2) is 22.0 Å². The molecule has 6 nitrogen and oxygen atoms in total. The van der Waals surface area contributed by atoms with Crippen LogP contribution in [0.2, 0.25) is 0 Å². The maximum absolute atomic E-state index is 12.5. The molecule has 2 amide bonds. The first-order valence-electron chi connectivity index (χ1n) is 7.93. The monoisotopic (exact) mass is 352 g/mol. The summed E-state index contributed by atoms with van der Waals surface area (Å²) in [5, 5.41) is 12.6. The first kappa shape index (κ1) is 15.6. The second kappa shape index (κ2) is 6.18. The highest BCUT2D eigenvalue weighted by Gasteiger charge is 2.20. The third-order valence-electron chi connectivity index (χ3n) is 4.20. The van der Waals surface area contributed by atoms with Crippen LogP contribution in [0.4, 0.5) is 5.69 Å². The zero-order chi connectivity index (χ0) is 17.4. The smallest absolute Gasteiger partial charge is 0.261 e. The van der Waals surface area contributed by atoms with Crippen molar-refractivity contribution in [2.75, 3.05) is 5.32 Å². The molecule has 0 bridgehead atoms. The van der Waals surface area contributed by atoms with Gasteiger partial charge < -0.3 is 10.6 Å². The van der Waals surface area contributed by atoms with E-state index in [1.165, 1.54) is 11.3 Å². The van der Waals surface area contributed by atoms with Crippen LogP contribution < -0.4 is 10.6 Å². The van der Waals surface area contributed by atoms with Gasteiger partial charge >= 0.3 is 0 Å². The summed E-state index contributed by atoms with van der Waals surface area (Å²) in [4.78, 5) is 25.6. The number of nitrogens with zero attached hydrogens (tertiary/aromatic N) is 1. The van der Waals surface area contributed by atoms with Crippen molar-refractivity contribution in [2.45, 2.75) is 19.4 Å². The van der Waals surface area contributed by atoms with E-state index in [0.717, 1.165) is 27.4 Å². The predicted molar refractivity (Wildman–Crippen MR) is 96.6 cm³/mol. The second-order valence-corrected chi connectivity index (χ2v) is 7.05. The summed E-state index contributed by atoms with van der Waals surface area (Å²) in [7, 11) is 0. The fraction of sp³-hybridized carbons (Fsp3) is 0.167. The topological polar surface area (TPSA) is 86.9 Å². The Hall–Kier alpha value is -2.93. The summed E-state index contributed by atoms with van der Waals surface area (Å²) in [6.07, 6.45) is 2.08. The van der Waals surface area contributed by atoms with Gasteiger partial charge in [-0.05, 0) is 42.3 Å². The number of carbonyl (C=O) groups excluding carboxylic acids is 2. The van der Waals surface area contributed by atoms with Gasteiger partial charge in [0, 0.05) is 11.9 Å². The summed E-state index contributed by atoms with van der Waals surface area (Å²) >= 11 is 1.42. The molecule has 0 saturated carbocycles. The third kappa shape index (κ3) is 3.06. The van der Waals surface area contributed by atoms with Crippen molar-refractivity contribution >= 4 is 28.8 Å². The van der Waals surface area contributed by atoms with Crippen molar-refractivity contribution in [2.24, 2.45) is 0 Å². The molecule has 126 valence electrons. The van der Waals surface area contributed by atoms with Crippen LogP contribution in [0.25, 0.3) is 10.6 Å². The lowest BCUT2D eigenvalue weighted by Crippen LogP contribution is -2.25. The highest BCUT2D eigenvalue weighted by Crippen LogP contribution is 2.28. The van der Waals surface area contributed by atoms with Gasteiger partial charge in [0.25, 0.3) is 5.91 Å². The Morgan fingerprint density at radius 2 is 2.16 bits per heavy atom. The summed E-state index contributed by atoms with van der Waals surface area (Å²) in [5.74, 6) is -0.105. The zero-order valence-corrected chi connectivity index (χ0v) is 14.3. The van der Waals surface area contributed by atoms with E-state index in [4.69, 9.17) is 0 Å². The first-order chi connectivity index (χ1) is 12.1. The second-order valence-electron chi connectivity index (χ2n) is 5.97. The van der Waals surface area contributed by atoms with Crippen molar-refractivity contribution in [1.82, 2.24) is 15.5 Å². The molecular weight excluding hydrogens is 336 g/mol. The lowest BCUT2D eigenvalue weighted by atomic mass is 10.0. The minimum absolute atomic E-state index is 0.00811. The van der Waals surface area contributed by atoms with E-state index >= 15 is 0 Å². The van der Waals surface area contributed by atoms with Gasteiger partial charge in [0.2, 0.25) is 5.91 Å². The molecule has 3 N–H and O–H groups in total. The van der Waals surface area contributed by atoms with Crippen LogP contribution in [0.3, 0.4) is 0 Å². The maximum atomic E-state index is 12.5. The van der Waals surface area contributed by atoms with Crippen LogP contribution in [0, 0.1) is 0 Å². The molecule has 0 radical (unpaired) electrons. The van der Waals surface area contributed by atoms with Gasteiger partial charge in [0.1, 0.15) is 0 Å². The first-order valence-corrected chi connectivity index (χ1v) is 8.75. The zero-order valence-electron chi connectivity index (χ0n) is 13.5. The number of fused-ring (bicyclic) bond motifs is 1. The molecule has 0 spiro atoms. The Labute approximate surface area is 148 Å². The number of carbonyl (C=O) groups is 2. The third-order valence-corrected chi connectivity index (χ3v) is 5.32. The van der Waals surface area contributed by atoms with E-state index in [-0.39, 0.29) is 17.9 Å². The molecule has 4 rings (SSSR count). The lowest BCUT2D eigenvalue weighted by molar-refractivity contribution is -0.115. The molecule has 0 saturated heterocycles. The van der Waals surface area contributed by atoms with Gasteiger partial charge in [0.05, 0.1) is 27.9 Å². The van der Waals surface area contributed by atoms with Crippen molar-refractivity contribution < 1.29 is 9.59 Å². The minimum atomic E-state index is -0.147. The molecule has 1 unspecified atom stereocenters. The van der Waals surface area contributed by atoms with Crippen LogP contribution in [0.5, 0.6) is 0 Å². The predicted octanol–water partition coefficient (Wildman–Crippen LogP) is 3.12. The number of anilines is 1. The van der Waals surface area contributed by atoms with Crippen molar-refractivity contribution in [3.8, 4) is 10.6 Å². The molecule has 0 fully saturated rings. The van der Waals surface area contributed by atoms with E-state index in [0.29, 0.717) is 11.3 Å². The Morgan fingerprint density at radius 3 is 2.96 bits per heavy atom. The van der Waals surface area contributed by atoms with Crippen LogP contribution in [0.1, 0.15) is 33.8 Å². The molecule has 3 heterocycles. The van der Waals surface area contributed by atoms with Gasteiger partial charge in [-0.15, -0.1) is 11.3 Å². The highest BCUT2D eigenvalue weighted by atomic mass is 32.1. The highest BCUT2D eigenvalue weighted by molar-refractivity contribution is 7.17. The molecule has 3 aromatic rings. The van der Waals surface area contributed by atoms with Gasteiger partial charge in [-0.1, -0.05) is 12.1 Å². The van der Waals surface area contributed by atoms with Crippen LogP contribution >= 0.6 is 11.3 Å². The van der Waals surface area contributed by atoms with Crippen LogP contribution in [-0.2, 0) is 11.2 Å². The number of benzene rings is 1. The summed E-state index contributed by atoms with van der Waals surface area (Å²) in [5.41, 5.74) is 3.71. The van der Waals surface area contributed by atoms with E-state index in [9.17, 15) is 9.59 Å². The normalized spacial score (nSPS) is 14.0. The number of thiophene rings is 1. The van der Waals surface area contributed by atoms with Gasteiger partial charge in [-0.2, -0.15) is 5.10 Å². The number of nitrogens with one attached hydrogen (secondary N) is 3. The fourth-order valence-corrected chi connectivity index (χ4v) is 3.75. The maximum Gasteiger partial charge on any atom is 0.261 e. The molecule has 25 heavy (non-hydrogen) atoms. The fourth-order valence-electron chi connectivity index (χ4n) is 2.87. The van der Waals surface area contributed by atoms with Crippen molar-refractivity contribution in [3.05, 3.63) is 58.6 Å². The summed E-state index contributed by atoms with van der Waals surface area (Å²) < 4.78 is 0. The Morgan fingerprint density at radius 1 is 1.28 bits per heavy atom. The quantitative estimate of drug-likeness (QED) is 0.674. The summed E-state index contributed by atoms with van der Waals surface area (Å²) in [6, 6.07) is 11.2. The molecular formula is C18H16N4O2S. The van der Waals surface area contributed by atoms with Crippen molar-refractivity contribution in [1.29, 1.82) is 0 Å². The van der Waals surface area contributed by atoms with E-state index in [1.54, 1.807) is 6.20 Å². The van der Waals surface area contributed by atoms with E-state index < -0.39 is 0 Å². The number of H-pyrrole nitrogens is 1. The van der Waals surface area contributed by atoms with Gasteiger partial charge in [-0.25, -0.2) is 0 Å². The summed E-state index contributed by atoms with van der Waals surface area (Å²) in [6.45, 7) is 1.94. The Kier molecular flexibility index (Phi) is 3.85. The number of rotatable bonds is 4. The van der Waals surface area contributed by atoms with E-state index in [2.05, 4.69) is 20.8 Å². The SMILES string of the molecule is CC(NC(=O)c1ccc(-c2ccn[nH]2)s1)c1ccc2c(c1)CC(=O)N2. The largest absolute Gasteiger partial charge is 0.345 e. The Bertz CT molecular complexity index is 946. The molecule has 1 aliphatic heterocycles. The molecule has 1 atom stereocenters. The number of amides is 2. The molecule has 0 aliphatic carbocycles. The minimum Gasteiger partial charge on any atom is -0.345 e. The van der Waals surface area contributed by atoms with Crippen molar-refractivity contribution in [3.63, 3.8) is 0 Å². The number of hydrogen-bond donors (Lipinski definition) is 3. The Balaban J connectivity index is 1.48. The number of aromatic amines is 1. The lowest BCUT2D eigenvalue weighted by Gasteiger charge is -2.14. The molecule has 1 aromatic carbocycles.